The van der Waals surface area contributed by atoms with Crippen molar-refractivity contribution in [1.82, 2.24) is 10.2 Å². The second-order valence-electron chi connectivity index (χ2n) is 5.13. The summed E-state index contributed by atoms with van der Waals surface area (Å²) in [6.07, 6.45) is 3.36. The highest BCUT2D eigenvalue weighted by molar-refractivity contribution is 5.78. The van der Waals surface area contributed by atoms with Gasteiger partial charge in [0.1, 0.15) is 6.61 Å². The van der Waals surface area contributed by atoms with E-state index in [0.29, 0.717) is 6.04 Å². The summed E-state index contributed by atoms with van der Waals surface area (Å²) in [7, 11) is 0. The normalized spacial score (nSPS) is 27.9. The summed E-state index contributed by atoms with van der Waals surface area (Å²) in [5.74, 6) is 0.164. The second-order valence-corrected chi connectivity index (χ2v) is 5.13. The molecule has 2 rings (SSSR count). The molecular weight excluding hydrogens is 204 g/mol. The molecule has 0 radical (unpaired) electrons. The predicted molar refractivity (Wildman–Crippen MR) is 62.3 cm³/mol. The number of nitrogens with zero attached hydrogens (tertiary/aromatic N) is 1. The molecule has 0 bridgehead atoms. The molecule has 0 aliphatic carbocycles. The molecule has 0 aromatic rings. The smallest absolute Gasteiger partial charge is 0.248 e. The molecule has 4 nitrogen and oxygen atoms in total. The number of amides is 1. The summed E-state index contributed by atoms with van der Waals surface area (Å²) in [6.45, 7) is 7.08. The first kappa shape index (κ1) is 11.9. The fourth-order valence-corrected chi connectivity index (χ4v) is 2.49. The molecule has 0 spiro atoms. The third-order valence-electron chi connectivity index (χ3n) is 3.71. The lowest BCUT2D eigenvalue weighted by Crippen LogP contribution is -2.59. The summed E-state index contributed by atoms with van der Waals surface area (Å²) >= 11 is 0. The van der Waals surface area contributed by atoms with Crippen molar-refractivity contribution in [3.8, 4) is 0 Å². The van der Waals surface area contributed by atoms with Crippen LogP contribution in [0.2, 0.25) is 0 Å². The molecule has 1 amide bonds. The van der Waals surface area contributed by atoms with Gasteiger partial charge >= 0.3 is 0 Å². The van der Waals surface area contributed by atoms with Gasteiger partial charge in [-0.05, 0) is 26.2 Å². The van der Waals surface area contributed by atoms with Gasteiger partial charge in [-0.25, -0.2) is 0 Å². The molecule has 1 unspecified atom stereocenters. The van der Waals surface area contributed by atoms with Crippen LogP contribution in [0, 0.1) is 0 Å². The third-order valence-corrected chi connectivity index (χ3v) is 3.71. The topological polar surface area (TPSA) is 41.6 Å². The maximum Gasteiger partial charge on any atom is 0.248 e. The zero-order valence-electron chi connectivity index (χ0n) is 10.3. The fourth-order valence-electron chi connectivity index (χ4n) is 2.49. The first-order chi connectivity index (χ1) is 7.64. The lowest BCUT2D eigenvalue weighted by molar-refractivity contribution is -0.146. The van der Waals surface area contributed by atoms with E-state index in [2.05, 4.69) is 19.2 Å². The number of likely N-dealkylation sites (tertiary alicyclic amines) is 1. The van der Waals surface area contributed by atoms with Crippen LogP contribution in [0.25, 0.3) is 0 Å². The van der Waals surface area contributed by atoms with Crippen molar-refractivity contribution in [2.75, 3.05) is 26.2 Å². The van der Waals surface area contributed by atoms with Crippen LogP contribution in [0.15, 0.2) is 0 Å². The van der Waals surface area contributed by atoms with Gasteiger partial charge in [0.05, 0.1) is 5.60 Å². The maximum absolute atomic E-state index is 12.0. The van der Waals surface area contributed by atoms with Crippen LogP contribution < -0.4 is 5.32 Å². The highest BCUT2D eigenvalue weighted by Crippen LogP contribution is 2.21. The van der Waals surface area contributed by atoms with Crippen molar-refractivity contribution < 1.29 is 9.53 Å². The van der Waals surface area contributed by atoms with E-state index in [1.165, 1.54) is 0 Å². The van der Waals surface area contributed by atoms with Gasteiger partial charge in [0.2, 0.25) is 5.91 Å². The minimum Gasteiger partial charge on any atom is -0.363 e. The van der Waals surface area contributed by atoms with Gasteiger partial charge < -0.3 is 15.0 Å². The largest absolute Gasteiger partial charge is 0.363 e. The van der Waals surface area contributed by atoms with Crippen LogP contribution in [0.3, 0.4) is 0 Å². The van der Waals surface area contributed by atoms with Crippen LogP contribution in [0.4, 0.5) is 0 Å². The van der Waals surface area contributed by atoms with Crippen LogP contribution >= 0.6 is 0 Å². The molecule has 2 aliphatic rings. The van der Waals surface area contributed by atoms with Crippen LogP contribution in [0.5, 0.6) is 0 Å². The highest BCUT2D eigenvalue weighted by Gasteiger charge is 2.34. The molecule has 92 valence electrons. The number of rotatable bonds is 4. The lowest BCUT2D eigenvalue weighted by atomic mass is 10.0. The number of nitrogens with one attached hydrogen (secondary N) is 1. The number of ether oxygens (including phenoxy) is 1. The van der Waals surface area contributed by atoms with Crippen molar-refractivity contribution in [3.05, 3.63) is 0 Å². The quantitative estimate of drug-likeness (QED) is 0.769. The van der Waals surface area contributed by atoms with Gasteiger partial charge in [0.15, 0.2) is 0 Å². The zero-order valence-corrected chi connectivity index (χ0v) is 10.3. The Hall–Kier alpha value is -0.610. The number of carbonyl (C=O) groups excluding carboxylic acids is 1. The minimum absolute atomic E-state index is 0.114. The molecule has 0 aromatic carbocycles. The van der Waals surface area contributed by atoms with Crippen LogP contribution in [-0.4, -0.2) is 48.7 Å². The molecule has 2 saturated heterocycles. The molecule has 4 heteroatoms. The number of hydrogen-bond acceptors (Lipinski definition) is 3. The first-order valence-electron chi connectivity index (χ1n) is 6.29. The van der Waals surface area contributed by atoms with Gasteiger partial charge in [-0.3, -0.25) is 4.79 Å². The molecule has 1 atom stereocenters. The Kier molecular flexibility index (Phi) is 3.50. The van der Waals surface area contributed by atoms with Gasteiger partial charge in [-0.2, -0.15) is 0 Å². The maximum atomic E-state index is 12.0. The predicted octanol–water partition coefficient (Wildman–Crippen LogP) is 0.766. The Morgan fingerprint density at radius 3 is 2.88 bits per heavy atom. The van der Waals surface area contributed by atoms with Crippen molar-refractivity contribution in [2.24, 2.45) is 0 Å². The minimum atomic E-state index is -0.114. The molecule has 2 heterocycles. The highest BCUT2D eigenvalue weighted by atomic mass is 16.5. The average Bonchev–Trinajstić information content (AvgIpc) is 2.71. The van der Waals surface area contributed by atoms with Crippen molar-refractivity contribution in [1.29, 1.82) is 0 Å². The first-order valence-corrected chi connectivity index (χ1v) is 6.29. The Morgan fingerprint density at radius 1 is 1.56 bits per heavy atom. The van der Waals surface area contributed by atoms with E-state index in [4.69, 9.17) is 4.74 Å². The third kappa shape index (κ3) is 2.38. The molecule has 2 aliphatic heterocycles. The Bertz CT molecular complexity index is 264. The van der Waals surface area contributed by atoms with E-state index in [-0.39, 0.29) is 18.1 Å². The van der Waals surface area contributed by atoms with E-state index in [1.807, 2.05) is 4.90 Å². The summed E-state index contributed by atoms with van der Waals surface area (Å²) in [5.41, 5.74) is -0.114. The Labute approximate surface area is 97.3 Å². The van der Waals surface area contributed by atoms with E-state index >= 15 is 0 Å². The SMILES string of the molecule is CCC1CCCN1C(=O)COC1(C)CNC1. The molecule has 0 aromatic heterocycles. The summed E-state index contributed by atoms with van der Waals surface area (Å²) in [5, 5.41) is 3.17. The summed E-state index contributed by atoms with van der Waals surface area (Å²) < 4.78 is 5.68. The van der Waals surface area contributed by atoms with Gasteiger partial charge in [-0.15, -0.1) is 0 Å². The van der Waals surface area contributed by atoms with E-state index in [0.717, 1.165) is 38.9 Å². The summed E-state index contributed by atoms with van der Waals surface area (Å²) in [6, 6.07) is 0.448. The molecule has 1 N–H and O–H groups in total. The Balaban J connectivity index is 1.78. The van der Waals surface area contributed by atoms with Crippen molar-refractivity contribution in [3.63, 3.8) is 0 Å². The molecular formula is C12H22N2O2. The zero-order chi connectivity index (χ0) is 11.6. The van der Waals surface area contributed by atoms with E-state index < -0.39 is 0 Å². The molecule has 2 fully saturated rings. The van der Waals surface area contributed by atoms with Crippen molar-refractivity contribution in [2.45, 2.75) is 44.8 Å². The van der Waals surface area contributed by atoms with Crippen LogP contribution in [0.1, 0.15) is 33.1 Å². The molecule has 0 saturated carbocycles. The van der Waals surface area contributed by atoms with E-state index in [9.17, 15) is 4.79 Å². The fraction of sp³-hybridized carbons (Fsp3) is 0.917. The van der Waals surface area contributed by atoms with Crippen molar-refractivity contribution >= 4 is 5.91 Å². The number of hydrogen-bond donors (Lipinski definition) is 1. The standard InChI is InChI=1S/C12H22N2O2/c1-3-10-5-4-6-14(10)11(15)7-16-12(2)8-13-9-12/h10,13H,3-9H2,1-2H3. The summed E-state index contributed by atoms with van der Waals surface area (Å²) in [4.78, 5) is 14.0. The van der Waals surface area contributed by atoms with E-state index in [1.54, 1.807) is 0 Å². The van der Waals surface area contributed by atoms with Gasteiger partial charge in [0.25, 0.3) is 0 Å². The average molecular weight is 226 g/mol. The van der Waals surface area contributed by atoms with Crippen LogP contribution in [-0.2, 0) is 9.53 Å². The second kappa shape index (κ2) is 4.72. The Morgan fingerprint density at radius 2 is 2.31 bits per heavy atom. The van der Waals surface area contributed by atoms with Gasteiger partial charge in [0, 0.05) is 25.7 Å². The van der Waals surface area contributed by atoms with Gasteiger partial charge in [-0.1, -0.05) is 6.92 Å². The number of carbonyl (C=O) groups is 1. The molecule has 16 heavy (non-hydrogen) atoms. The monoisotopic (exact) mass is 226 g/mol. The lowest BCUT2D eigenvalue weighted by Gasteiger charge is -2.39.